The predicted molar refractivity (Wildman–Crippen MR) is 96.7 cm³/mol. The number of anilines is 1. The number of phenols is 1. The van der Waals surface area contributed by atoms with Gasteiger partial charge in [0.1, 0.15) is 17.2 Å². The molecule has 3 rings (SSSR count). The number of ketones is 1. The fraction of sp³-hybridized carbons (Fsp3) is 0.263. The lowest BCUT2D eigenvalue weighted by atomic mass is 9.98. The second-order valence-electron chi connectivity index (χ2n) is 6.35. The molecule has 3 N–H and O–H groups in total. The predicted octanol–water partition coefficient (Wildman–Crippen LogP) is 2.38. The number of amides is 1. The van der Waals surface area contributed by atoms with Gasteiger partial charge < -0.3 is 25.1 Å². The van der Waals surface area contributed by atoms with Crippen LogP contribution in [-0.4, -0.2) is 35.8 Å². The van der Waals surface area contributed by atoms with E-state index in [-0.39, 0.29) is 23.0 Å². The Morgan fingerprint density at radius 3 is 2.65 bits per heavy atom. The summed E-state index contributed by atoms with van der Waals surface area (Å²) in [6.45, 7) is 2.33. The Kier molecular flexibility index (Phi) is 4.71. The van der Waals surface area contributed by atoms with Crippen molar-refractivity contribution >= 4 is 17.4 Å². The van der Waals surface area contributed by atoms with Crippen LogP contribution in [0.5, 0.6) is 5.75 Å². The van der Waals surface area contributed by atoms with E-state index < -0.39 is 0 Å². The number of nitrogens with zero attached hydrogens (tertiary/aromatic N) is 1. The summed E-state index contributed by atoms with van der Waals surface area (Å²) in [6, 6.07) is 8.56. The van der Waals surface area contributed by atoms with Crippen molar-refractivity contribution in [2.24, 2.45) is 0 Å². The van der Waals surface area contributed by atoms with E-state index in [1.54, 1.807) is 26.2 Å². The monoisotopic (exact) mass is 355 g/mol. The van der Waals surface area contributed by atoms with Crippen LogP contribution in [0.25, 0.3) is 0 Å². The molecule has 1 amide bonds. The van der Waals surface area contributed by atoms with Crippen LogP contribution in [0.15, 0.2) is 46.1 Å². The van der Waals surface area contributed by atoms with Crippen molar-refractivity contribution in [1.29, 1.82) is 0 Å². The largest absolute Gasteiger partial charge is 0.505 e. The molecule has 0 fully saturated rings. The number of nitrogens with one attached hydrogen (secondary N) is 2. The van der Waals surface area contributed by atoms with Crippen LogP contribution in [0.3, 0.4) is 0 Å². The van der Waals surface area contributed by atoms with E-state index in [4.69, 9.17) is 4.42 Å². The number of benzene rings is 1. The van der Waals surface area contributed by atoms with Crippen LogP contribution in [-0.2, 0) is 11.3 Å². The van der Waals surface area contributed by atoms with E-state index in [1.165, 1.54) is 11.0 Å². The van der Waals surface area contributed by atoms with Gasteiger partial charge in [-0.05, 0) is 31.2 Å². The zero-order valence-electron chi connectivity index (χ0n) is 14.9. The Bertz CT molecular complexity index is 896. The van der Waals surface area contributed by atoms with Crippen molar-refractivity contribution in [1.82, 2.24) is 10.2 Å². The number of aryl methyl sites for hydroxylation is 1. The highest BCUT2D eigenvalue weighted by Gasteiger charge is 2.28. The molecule has 0 unspecified atom stereocenters. The highest BCUT2D eigenvalue weighted by molar-refractivity contribution is 6.07. The number of carbonyl (C=O) groups is 2. The van der Waals surface area contributed by atoms with Gasteiger partial charge in [-0.2, -0.15) is 0 Å². The Labute approximate surface area is 151 Å². The lowest BCUT2D eigenvalue weighted by molar-refractivity contribution is -0.116. The van der Waals surface area contributed by atoms with Gasteiger partial charge in [0, 0.05) is 19.8 Å². The van der Waals surface area contributed by atoms with Gasteiger partial charge in [0.25, 0.3) is 5.91 Å². The molecule has 0 spiro atoms. The molecular weight excluding hydrogens is 334 g/mol. The molecule has 1 heterocycles. The fourth-order valence-electron chi connectivity index (χ4n) is 2.66. The molecule has 0 atom stereocenters. The van der Waals surface area contributed by atoms with E-state index >= 15 is 0 Å². The summed E-state index contributed by atoms with van der Waals surface area (Å²) in [7, 11) is 3.22. The summed E-state index contributed by atoms with van der Waals surface area (Å²) < 4.78 is 5.49. The third kappa shape index (κ3) is 3.42. The maximum absolute atomic E-state index is 12.1. The van der Waals surface area contributed by atoms with Crippen molar-refractivity contribution in [3.63, 3.8) is 0 Å². The molecule has 7 heteroatoms. The van der Waals surface area contributed by atoms with Gasteiger partial charge in [-0.1, -0.05) is 6.07 Å². The van der Waals surface area contributed by atoms with Crippen LogP contribution in [0.1, 0.15) is 28.3 Å². The van der Waals surface area contributed by atoms with E-state index in [2.05, 4.69) is 10.6 Å². The number of rotatable bonds is 6. The molecule has 136 valence electrons. The van der Waals surface area contributed by atoms with E-state index in [1.807, 2.05) is 19.1 Å². The maximum atomic E-state index is 12.1. The number of hydrogen-bond acceptors (Lipinski definition) is 6. The van der Waals surface area contributed by atoms with Crippen molar-refractivity contribution in [3.05, 3.63) is 58.8 Å². The number of aromatic hydroxyl groups is 1. The quantitative estimate of drug-likeness (QED) is 0.689. The molecule has 0 radical (unpaired) electrons. The van der Waals surface area contributed by atoms with Gasteiger partial charge in [-0.15, -0.1) is 0 Å². The van der Waals surface area contributed by atoms with Gasteiger partial charge in [-0.3, -0.25) is 9.59 Å². The third-order valence-electron chi connectivity index (χ3n) is 4.12. The number of furan rings is 1. The Morgan fingerprint density at radius 1 is 1.27 bits per heavy atom. The van der Waals surface area contributed by atoms with Crippen molar-refractivity contribution < 1.29 is 19.1 Å². The van der Waals surface area contributed by atoms with E-state index in [9.17, 15) is 14.7 Å². The van der Waals surface area contributed by atoms with Crippen LogP contribution in [0, 0.1) is 6.92 Å². The topological polar surface area (TPSA) is 94.8 Å². The Morgan fingerprint density at radius 2 is 2.04 bits per heavy atom. The number of allylic oxidation sites excluding steroid dienone is 2. The number of carbonyl (C=O) groups excluding carboxylic acids is 2. The lowest BCUT2D eigenvalue weighted by Crippen LogP contribution is -2.32. The number of para-hydroxylation sites is 1. The highest BCUT2D eigenvalue weighted by atomic mass is 16.3. The summed E-state index contributed by atoms with van der Waals surface area (Å²) in [5.41, 5.74) is 1.62. The first kappa shape index (κ1) is 17.6. The fourth-order valence-corrected chi connectivity index (χ4v) is 2.66. The molecule has 0 bridgehead atoms. The molecule has 1 aliphatic carbocycles. The summed E-state index contributed by atoms with van der Waals surface area (Å²) in [4.78, 5) is 25.5. The highest BCUT2D eigenvalue weighted by Crippen LogP contribution is 2.32. The molecule has 1 aromatic carbocycles. The van der Waals surface area contributed by atoms with Gasteiger partial charge in [0.2, 0.25) is 0 Å². The minimum atomic E-state index is -0.313. The minimum Gasteiger partial charge on any atom is -0.505 e. The average Bonchev–Trinajstić information content (AvgIpc) is 3.02. The van der Waals surface area contributed by atoms with Gasteiger partial charge in [0.05, 0.1) is 24.2 Å². The molecule has 2 aromatic rings. The Balaban J connectivity index is 1.77. The first-order chi connectivity index (χ1) is 12.4. The van der Waals surface area contributed by atoms with Crippen LogP contribution >= 0.6 is 0 Å². The smallest absolute Gasteiger partial charge is 0.257 e. The van der Waals surface area contributed by atoms with Crippen molar-refractivity contribution in [2.45, 2.75) is 19.9 Å². The number of Topliss-reactive ketones (excluding diaryl/α,β-unsaturated/α-hetero) is 1. The second-order valence-corrected chi connectivity index (χ2v) is 6.35. The third-order valence-corrected chi connectivity index (χ3v) is 4.12. The van der Waals surface area contributed by atoms with Crippen LogP contribution in [0.2, 0.25) is 0 Å². The minimum absolute atomic E-state index is 0.0631. The second kappa shape index (κ2) is 6.95. The van der Waals surface area contributed by atoms with Gasteiger partial charge in [-0.25, -0.2) is 0 Å². The first-order valence-electron chi connectivity index (χ1n) is 8.23. The zero-order chi connectivity index (χ0) is 18.8. The number of phenolic OH excluding ortho intramolecular Hbond substituents is 1. The standard InChI is InChI=1S/C19H21N3O4/c1-11-7-8-12(26-11)10-20-15-9-16(23)17(15)21-14-6-4-5-13(18(14)24)19(25)22(2)3/h4-8,20-21,24H,9-10H2,1-3H3. The molecule has 0 saturated heterocycles. The molecule has 1 aromatic heterocycles. The summed E-state index contributed by atoms with van der Waals surface area (Å²) >= 11 is 0. The summed E-state index contributed by atoms with van der Waals surface area (Å²) in [5, 5.41) is 16.5. The normalized spacial score (nSPS) is 13.4. The summed E-state index contributed by atoms with van der Waals surface area (Å²) in [5.74, 6) is 1.04. The van der Waals surface area contributed by atoms with Gasteiger partial charge in [0.15, 0.2) is 11.5 Å². The molecule has 26 heavy (non-hydrogen) atoms. The Hall–Kier alpha value is -3.22. The molecule has 7 nitrogen and oxygen atoms in total. The maximum Gasteiger partial charge on any atom is 0.257 e. The molecule has 0 aliphatic heterocycles. The molecule has 1 aliphatic rings. The average molecular weight is 355 g/mol. The lowest BCUT2D eigenvalue weighted by Gasteiger charge is -2.25. The SMILES string of the molecule is Cc1ccc(CNC2=C(Nc3cccc(C(=O)N(C)C)c3O)C(=O)C2)o1. The van der Waals surface area contributed by atoms with Crippen LogP contribution < -0.4 is 10.6 Å². The van der Waals surface area contributed by atoms with E-state index in [0.717, 1.165) is 17.2 Å². The number of hydrogen-bond donors (Lipinski definition) is 3. The van der Waals surface area contributed by atoms with Crippen molar-refractivity contribution in [3.8, 4) is 5.75 Å². The zero-order valence-corrected chi connectivity index (χ0v) is 14.9. The van der Waals surface area contributed by atoms with E-state index in [0.29, 0.717) is 24.4 Å². The van der Waals surface area contributed by atoms with Crippen molar-refractivity contribution in [2.75, 3.05) is 19.4 Å². The first-order valence-corrected chi connectivity index (χ1v) is 8.23. The molecular formula is C19H21N3O4. The van der Waals surface area contributed by atoms with Gasteiger partial charge >= 0.3 is 0 Å². The molecule has 0 saturated carbocycles. The summed E-state index contributed by atoms with van der Waals surface area (Å²) in [6.07, 6.45) is 0.291. The van der Waals surface area contributed by atoms with Crippen LogP contribution in [0.4, 0.5) is 5.69 Å².